The van der Waals surface area contributed by atoms with Crippen LogP contribution in [0.2, 0.25) is 0 Å². The summed E-state index contributed by atoms with van der Waals surface area (Å²) in [4.78, 5) is 11.7. The van der Waals surface area contributed by atoms with Crippen LogP contribution in [0.25, 0.3) is 6.08 Å². The van der Waals surface area contributed by atoms with E-state index < -0.39 is 0 Å². The maximum atomic E-state index is 11.7. The van der Waals surface area contributed by atoms with Crippen LogP contribution in [0.15, 0.2) is 59.2 Å². The van der Waals surface area contributed by atoms with Crippen molar-refractivity contribution in [1.82, 2.24) is 5.32 Å². The SMILES string of the molecule is COc1ccccc1/C=C/NC(=O)Nc1ccc(Br)cc1. The van der Waals surface area contributed by atoms with Crippen LogP contribution in [-0.4, -0.2) is 13.1 Å². The average molecular weight is 347 g/mol. The Bertz CT molecular complexity index is 639. The number of hydrogen-bond donors (Lipinski definition) is 2. The predicted octanol–water partition coefficient (Wildman–Crippen LogP) is 4.25. The van der Waals surface area contributed by atoms with Crippen LogP contribution < -0.4 is 15.4 Å². The van der Waals surface area contributed by atoms with Gasteiger partial charge in [-0.1, -0.05) is 34.1 Å². The predicted molar refractivity (Wildman–Crippen MR) is 88.3 cm³/mol. The quantitative estimate of drug-likeness (QED) is 0.869. The van der Waals surface area contributed by atoms with Gasteiger partial charge in [0.1, 0.15) is 5.75 Å². The molecule has 2 amide bonds. The highest BCUT2D eigenvalue weighted by Crippen LogP contribution is 2.18. The molecule has 2 aromatic rings. The van der Waals surface area contributed by atoms with E-state index in [0.717, 1.165) is 21.5 Å². The summed E-state index contributed by atoms with van der Waals surface area (Å²) in [7, 11) is 1.61. The minimum absolute atomic E-state index is 0.302. The summed E-state index contributed by atoms with van der Waals surface area (Å²) >= 11 is 3.34. The van der Waals surface area contributed by atoms with Crippen molar-refractivity contribution >= 4 is 33.7 Å². The Labute approximate surface area is 132 Å². The van der Waals surface area contributed by atoms with Crippen molar-refractivity contribution in [2.24, 2.45) is 0 Å². The molecule has 2 N–H and O–H groups in total. The molecule has 4 nitrogen and oxygen atoms in total. The number of halogens is 1. The van der Waals surface area contributed by atoms with Gasteiger partial charge in [0.2, 0.25) is 0 Å². The van der Waals surface area contributed by atoms with Crippen molar-refractivity contribution in [2.75, 3.05) is 12.4 Å². The van der Waals surface area contributed by atoms with Gasteiger partial charge < -0.3 is 15.4 Å². The molecule has 5 heteroatoms. The molecule has 0 aliphatic carbocycles. The smallest absolute Gasteiger partial charge is 0.323 e. The number of amides is 2. The minimum Gasteiger partial charge on any atom is -0.496 e. The Kier molecular flexibility index (Phi) is 5.40. The molecule has 0 atom stereocenters. The number of ether oxygens (including phenoxy) is 1. The number of anilines is 1. The Morgan fingerprint density at radius 2 is 1.86 bits per heavy atom. The van der Waals surface area contributed by atoms with Crippen LogP contribution in [0.1, 0.15) is 5.56 Å². The molecule has 0 heterocycles. The van der Waals surface area contributed by atoms with Gasteiger partial charge in [-0.05, 0) is 36.4 Å². The second kappa shape index (κ2) is 7.50. The van der Waals surface area contributed by atoms with Crippen LogP contribution in [0.5, 0.6) is 5.75 Å². The lowest BCUT2D eigenvalue weighted by molar-refractivity contribution is 0.255. The molecule has 108 valence electrons. The molecule has 0 saturated heterocycles. The number of rotatable bonds is 4. The molecule has 2 aromatic carbocycles. The first-order valence-corrected chi connectivity index (χ1v) is 7.11. The minimum atomic E-state index is -0.302. The Morgan fingerprint density at radius 1 is 1.14 bits per heavy atom. The molecule has 0 aliphatic heterocycles. The van der Waals surface area contributed by atoms with Gasteiger partial charge in [-0.25, -0.2) is 4.79 Å². The highest BCUT2D eigenvalue weighted by Gasteiger charge is 2.00. The zero-order chi connectivity index (χ0) is 15.1. The normalized spacial score (nSPS) is 10.4. The molecular weight excluding hydrogens is 332 g/mol. The van der Waals surface area contributed by atoms with Crippen LogP contribution in [-0.2, 0) is 0 Å². The highest BCUT2D eigenvalue weighted by atomic mass is 79.9. The number of carbonyl (C=O) groups excluding carboxylic acids is 1. The van der Waals surface area contributed by atoms with Crippen LogP contribution in [0, 0.1) is 0 Å². The van der Waals surface area contributed by atoms with E-state index in [1.165, 1.54) is 0 Å². The lowest BCUT2D eigenvalue weighted by Crippen LogP contribution is -2.23. The maximum absolute atomic E-state index is 11.7. The molecule has 0 radical (unpaired) electrons. The van der Waals surface area contributed by atoms with E-state index in [9.17, 15) is 4.79 Å². The summed E-state index contributed by atoms with van der Waals surface area (Å²) in [6.07, 6.45) is 3.35. The summed E-state index contributed by atoms with van der Waals surface area (Å²) in [5, 5.41) is 5.38. The molecule has 0 aliphatic rings. The Balaban J connectivity index is 1.91. The zero-order valence-corrected chi connectivity index (χ0v) is 13.1. The third kappa shape index (κ3) is 4.65. The van der Waals surface area contributed by atoms with Crippen molar-refractivity contribution < 1.29 is 9.53 Å². The molecule has 0 spiro atoms. The van der Waals surface area contributed by atoms with Crippen LogP contribution in [0.4, 0.5) is 10.5 Å². The standard InChI is InChI=1S/C16H15BrN2O2/c1-21-15-5-3-2-4-12(15)10-11-18-16(20)19-14-8-6-13(17)7-9-14/h2-11H,1H3,(H2,18,19,20)/b11-10+. The summed E-state index contributed by atoms with van der Waals surface area (Å²) in [5.41, 5.74) is 1.62. The van der Waals surface area contributed by atoms with Gasteiger partial charge in [0.05, 0.1) is 7.11 Å². The number of hydrogen-bond acceptors (Lipinski definition) is 2. The van der Waals surface area contributed by atoms with Crippen molar-refractivity contribution in [2.45, 2.75) is 0 Å². The number of carbonyl (C=O) groups is 1. The molecule has 0 aromatic heterocycles. The topological polar surface area (TPSA) is 50.4 Å². The average Bonchev–Trinajstić information content (AvgIpc) is 2.50. The van der Waals surface area contributed by atoms with Crippen molar-refractivity contribution in [1.29, 1.82) is 0 Å². The fraction of sp³-hybridized carbons (Fsp3) is 0.0625. The molecule has 0 unspecified atom stereocenters. The number of benzene rings is 2. The van der Waals surface area contributed by atoms with E-state index in [-0.39, 0.29) is 6.03 Å². The van der Waals surface area contributed by atoms with Gasteiger partial charge in [-0.15, -0.1) is 0 Å². The van der Waals surface area contributed by atoms with Crippen molar-refractivity contribution in [3.05, 3.63) is 64.8 Å². The van der Waals surface area contributed by atoms with Gasteiger partial charge >= 0.3 is 6.03 Å². The molecule has 21 heavy (non-hydrogen) atoms. The van der Waals surface area contributed by atoms with Crippen molar-refractivity contribution in [3.8, 4) is 5.75 Å². The molecule has 0 fully saturated rings. The van der Waals surface area contributed by atoms with E-state index in [1.54, 1.807) is 19.4 Å². The molecule has 0 bridgehead atoms. The third-order valence-corrected chi connectivity index (χ3v) is 3.25. The first-order valence-electron chi connectivity index (χ1n) is 6.31. The second-order valence-corrected chi connectivity index (χ2v) is 5.10. The maximum Gasteiger partial charge on any atom is 0.323 e. The van der Waals surface area contributed by atoms with Gasteiger partial charge in [0, 0.05) is 21.9 Å². The molecular formula is C16H15BrN2O2. The summed E-state index contributed by atoms with van der Waals surface area (Å²) < 4.78 is 6.19. The summed E-state index contributed by atoms with van der Waals surface area (Å²) in [6, 6.07) is 14.6. The Morgan fingerprint density at radius 3 is 2.57 bits per heavy atom. The summed E-state index contributed by atoms with van der Waals surface area (Å²) in [5.74, 6) is 0.754. The first kappa shape index (κ1) is 15.1. The number of para-hydroxylation sites is 1. The van der Waals surface area contributed by atoms with Gasteiger partial charge in [0.15, 0.2) is 0 Å². The van der Waals surface area contributed by atoms with E-state index >= 15 is 0 Å². The summed E-state index contributed by atoms with van der Waals surface area (Å²) in [6.45, 7) is 0. The van der Waals surface area contributed by atoms with Crippen LogP contribution >= 0.6 is 15.9 Å². The monoisotopic (exact) mass is 346 g/mol. The first-order chi connectivity index (χ1) is 10.2. The zero-order valence-electron chi connectivity index (χ0n) is 11.5. The number of nitrogens with one attached hydrogen (secondary N) is 2. The largest absolute Gasteiger partial charge is 0.496 e. The fourth-order valence-electron chi connectivity index (χ4n) is 1.71. The lowest BCUT2D eigenvalue weighted by atomic mass is 10.2. The fourth-order valence-corrected chi connectivity index (χ4v) is 1.98. The Hall–Kier alpha value is -2.27. The third-order valence-electron chi connectivity index (χ3n) is 2.72. The highest BCUT2D eigenvalue weighted by molar-refractivity contribution is 9.10. The van der Waals surface area contributed by atoms with Crippen molar-refractivity contribution in [3.63, 3.8) is 0 Å². The molecule has 2 rings (SSSR count). The van der Waals surface area contributed by atoms with Gasteiger partial charge in [-0.2, -0.15) is 0 Å². The number of methoxy groups -OCH3 is 1. The second-order valence-electron chi connectivity index (χ2n) is 4.18. The van der Waals surface area contributed by atoms with E-state index in [1.807, 2.05) is 48.5 Å². The number of urea groups is 1. The van der Waals surface area contributed by atoms with E-state index in [0.29, 0.717) is 0 Å². The van der Waals surface area contributed by atoms with Crippen LogP contribution in [0.3, 0.4) is 0 Å². The van der Waals surface area contributed by atoms with E-state index in [2.05, 4.69) is 26.6 Å². The molecule has 0 saturated carbocycles. The van der Waals surface area contributed by atoms with E-state index in [4.69, 9.17) is 4.74 Å². The van der Waals surface area contributed by atoms with Gasteiger partial charge in [-0.3, -0.25) is 0 Å². The van der Waals surface area contributed by atoms with Gasteiger partial charge in [0.25, 0.3) is 0 Å². The lowest BCUT2D eigenvalue weighted by Gasteiger charge is -2.05.